The van der Waals surface area contributed by atoms with Gasteiger partial charge in [0.1, 0.15) is 11.9 Å². The van der Waals surface area contributed by atoms with Crippen molar-refractivity contribution in [3.05, 3.63) is 107 Å². The third-order valence-electron chi connectivity index (χ3n) is 5.83. The van der Waals surface area contributed by atoms with E-state index >= 15 is 0 Å². The first-order valence-corrected chi connectivity index (χ1v) is 11.9. The first kappa shape index (κ1) is 26.1. The van der Waals surface area contributed by atoms with Gasteiger partial charge >= 0.3 is 0 Å². The van der Waals surface area contributed by atoms with Crippen molar-refractivity contribution in [2.45, 2.75) is 38.3 Å². The largest absolute Gasteiger partial charge is 0.385 e. The van der Waals surface area contributed by atoms with E-state index in [0.29, 0.717) is 32.4 Å². The molecule has 184 valence electrons. The number of ether oxygens (including phenoxy) is 1. The lowest BCUT2D eigenvalue weighted by molar-refractivity contribution is -0.141. The Kier molecular flexibility index (Phi) is 10.5. The topological polar surface area (TPSA) is 58.6 Å². The van der Waals surface area contributed by atoms with Crippen molar-refractivity contribution < 1.29 is 18.7 Å². The van der Waals surface area contributed by atoms with E-state index in [1.165, 1.54) is 12.1 Å². The van der Waals surface area contributed by atoms with Gasteiger partial charge in [-0.2, -0.15) is 0 Å². The third-order valence-corrected chi connectivity index (χ3v) is 5.83. The van der Waals surface area contributed by atoms with E-state index in [9.17, 15) is 14.0 Å². The molecule has 0 heterocycles. The molecule has 35 heavy (non-hydrogen) atoms. The number of amides is 2. The van der Waals surface area contributed by atoms with E-state index in [0.717, 1.165) is 16.7 Å². The molecule has 0 unspecified atom stereocenters. The second-order valence-electron chi connectivity index (χ2n) is 8.48. The van der Waals surface area contributed by atoms with Crippen LogP contribution in [0.3, 0.4) is 0 Å². The van der Waals surface area contributed by atoms with Crippen LogP contribution in [0.1, 0.15) is 29.5 Å². The second kappa shape index (κ2) is 14.0. The summed E-state index contributed by atoms with van der Waals surface area (Å²) in [5.41, 5.74) is 2.79. The van der Waals surface area contributed by atoms with Crippen LogP contribution >= 0.6 is 0 Å². The molecule has 5 nitrogen and oxygen atoms in total. The summed E-state index contributed by atoms with van der Waals surface area (Å²) < 4.78 is 18.6. The Morgan fingerprint density at radius 1 is 0.886 bits per heavy atom. The molecule has 0 aliphatic carbocycles. The zero-order chi connectivity index (χ0) is 24.9. The number of hydrogen-bond donors (Lipinski definition) is 1. The molecule has 2 amide bonds. The number of halogens is 1. The van der Waals surface area contributed by atoms with Crippen LogP contribution in [-0.4, -0.2) is 43.0 Å². The summed E-state index contributed by atoms with van der Waals surface area (Å²) in [6.45, 7) is 1.22. The highest BCUT2D eigenvalue weighted by molar-refractivity contribution is 5.88. The monoisotopic (exact) mass is 476 g/mol. The molecule has 6 heteroatoms. The van der Waals surface area contributed by atoms with Crippen LogP contribution in [0.2, 0.25) is 0 Å². The molecule has 0 aromatic heterocycles. The minimum atomic E-state index is -0.701. The van der Waals surface area contributed by atoms with Crippen molar-refractivity contribution in [1.82, 2.24) is 10.2 Å². The van der Waals surface area contributed by atoms with E-state index in [-0.39, 0.29) is 30.6 Å². The number of carbonyl (C=O) groups is 2. The summed E-state index contributed by atoms with van der Waals surface area (Å²) in [5, 5.41) is 2.97. The number of nitrogens with zero attached hydrogens (tertiary/aromatic N) is 1. The lowest BCUT2D eigenvalue weighted by Crippen LogP contribution is -2.50. The van der Waals surface area contributed by atoms with Gasteiger partial charge in [-0.1, -0.05) is 72.8 Å². The van der Waals surface area contributed by atoms with Gasteiger partial charge in [0.05, 0.1) is 0 Å². The van der Waals surface area contributed by atoms with Gasteiger partial charge in [0.15, 0.2) is 0 Å². The smallest absolute Gasteiger partial charge is 0.243 e. The molecule has 0 bridgehead atoms. The molecule has 0 radical (unpaired) electrons. The van der Waals surface area contributed by atoms with Crippen LogP contribution in [0.25, 0.3) is 0 Å². The zero-order valence-electron chi connectivity index (χ0n) is 20.2. The van der Waals surface area contributed by atoms with Crippen molar-refractivity contribution in [1.29, 1.82) is 0 Å². The maximum absolute atomic E-state index is 13.6. The zero-order valence-corrected chi connectivity index (χ0v) is 20.2. The van der Waals surface area contributed by atoms with Crippen LogP contribution in [0, 0.1) is 5.82 Å². The number of nitrogens with one attached hydrogen (secondary N) is 1. The maximum Gasteiger partial charge on any atom is 0.243 e. The molecule has 0 aliphatic rings. The molecule has 3 aromatic carbocycles. The normalized spacial score (nSPS) is 11.6. The number of rotatable bonds is 13. The van der Waals surface area contributed by atoms with Crippen molar-refractivity contribution in [2.75, 3.05) is 20.3 Å². The van der Waals surface area contributed by atoms with Crippen LogP contribution in [0.15, 0.2) is 84.9 Å². The lowest BCUT2D eigenvalue weighted by Gasteiger charge is -2.31. The molecule has 0 aliphatic heterocycles. The summed E-state index contributed by atoms with van der Waals surface area (Å²) >= 11 is 0. The highest BCUT2D eigenvalue weighted by atomic mass is 19.1. The van der Waals surface area contributed by atoms with Crippen LogP contribution in [-0.2, 0) is 33.7 Å². The molecule has 0 fully saturated rings. The quantitative estimate of drug-likeness (QED) is 0.368. The van der Waals surface area contributed by atoms with Gasteiger partial charge in [0.2, 0.25) is 11.8 Å². The van der Waals surface area contributed by atoms with E-state index in [2.05, 4.69) is 5.32 Å². The summed E-state index contributed by atoms with van der Waals surface area (Å²) in [4.78, 5) is 28.6. The molecule has 1 N–H and O–H groups in total. The lowest BCUT2D eigenvalue weighted by atomic mass is 10.0. The van der Waals surface area contributed by atoms with E-state index < -0.39 is 6.04 Å². The van der Waals surface area contributed by atoms with Gasteiger partial charge in [-0.15, -0.1) is 0 Å². The minimum Gasteiger partial charge on any atom is -0.385 e. The van der Waals surface area contributed by atoms with Gasteiger partial charge in [-0.25, -0.2) is 4.39 Å². The summed E-state index contributed by atoms with van der Waals surface area (Å²) in [5.74, 6) is -0.668. The number of benzene rings is 3. The first-order chi connectivity index (χ1) is 17.1. The SMILES string of the molecule is COCCCNC(=O)[C@H](Cc1ccccc1)N(Cc1ccc(F)cc1)C(=O)CCc1ccccc1. The summed E-state index contributed by atoms with van der Waals surface area (Å²) in [6.07, 6.45) is 1.91. The fourth-order valence-electron chi connectivity index (χ4n) is 3.93. The number of hydrogen-bond acceptors (Lipinski definition) is 3. The molecule has 3 aromatic rings. The third kappa shape index (κ3) is 8.65. The standard InChI is InChI=1S/C29H33FN2O3/c1-35-20-8-19-31-29(34)27(21-24-11-6-3-7-12-24)32(22-25-13-16-26(30)17-14-25)28(33)18-15-23-9-4-2-5-10-23/h2-7,9-14,16-17,27H,8,15,18-22H2,1H3,(H,31,34)/t27-/m0/s1. The highest BCUT2D eigenvalue weighted by Gasteiger charge is 2.30. The predicted molar refractivity (Wildman–Crippen MR) is 135 cm³/mol. The second-order valence-corrected chi connectivity index (χ2v) is 8.48. The Morgan fingerprint density at radius 2 is 1.51 bits per heavy atom. The van der Waals surface area contributed by atoms with Gasteiger partial charge in [0, 0.05) is 39.6 Å². The number of carbonyl (C=O) groups excluding carboxylic acids is 2. The van der Waals surface area contributed by atoms with Crippen LogP contribution < -0.4 is 5.32 Å². The Hall–Kier alpha value is -3.51. The molecule has 0 saturated heterocycles. The highest BCUT2D eigenvalue weighted by Crippen LogP contribution is 2.17. The molecule has 3 rings (SSSR count). The van der Waals surface area contributed by atoms with Gasteiger partial charge in [-0.05, 0) is 41.7 Å². The Bertz CT molecular complexity index is 1040. The fourth-order valence-corrected chi connectivity index (χ4v) is 3.93. The van der Waals surface area contributed by atoms with E-state index in [4.69, 9.17) is 4.74 Å². The van der Waals surface area contributed by atoms with Crippen molar-refractivity contribution in [3.8, 4) is 0 Å². The molecular weight excluding hydrogens is 443 g/mol. The Morgan fingerprint density at radius 3 is 2.14 bits per heavy atom. The Labute approximate surface area is 206 Å². The number of methoxy groups -OCH3 is 1. The van der Waals surface area contributed by atoms with Crippen LogP contribution in [0.5, 0.6) is 0 Å². The molecular formula is C29H33FN2O3. The first-order valence-electron chi connectivity index (χ1n) is 11.9. The van der Waals surface area contributed by atoms with Crippen LogP contribution in [0.4, 0.5) is 4.39 Å². The molecule has 0 saturated carbocycles. The van der Waals surface area contributed by atoms with E-state index in [1.54, 1.807) is 24.1 Å². The average molecular weight is 477 g/mol. The average Bonchev–Trinajstić information content (AvgIpc) is 2.89. The van der Waals surface area contributed by atoms with Gasteiger partial charge < -0.3 is 15.0 Å². The Balaban J connectivity index is 1.85. The summed E-state index contributed by atoms with van der Waals surface area (Å²) in [7, 11) is 1.62. The van der Waals surface area contributed by atoms with Crippen molar-refractivity contribution in [3.63, 3.8) is 0 Å². The van der Waals surface area contributed by atoms with Gasteiger partial charge in [-0.3, -0.25) is 9.59 Å². The minimum absolute atomic E-state index is 0.119. The maximum atomic E-state index is 13.6. The number of aryl methyl sites for hydroxylation is 1. The molecule has 0 spiro atoms. The fraction of sp³-hybridized carbons (Fsp3) is 0.310. The predicted octanol–water partition coefficient (Wildman–Crippen LogP) is 4.55. The molecule has 1 atom stereocenters. The van der Waals surface area contributed by atoms with E-state index in [1.807, 2.05) is 60.7 Å². The summed E-state index contributed by atoms with van der Waals surface area (Å²) in [6, 6.07) is 24.8. The van der Waals surface area contributed by atoms with Crippen molar-refractivity contribution >= 4 is 11.8 Å². The van der Waals surface area contributed by atoms with Crippen molar-refractivity contribution in [2.24, 2.45) is 0 Å². The van der Waals surface area contributed by atoms with Gasteiger partial charge in [0.25, 0.3) is 0 Å².